The summed E-state index contributed by atoms with van der Waals surface area (Å²) in [6.45, 7) is 6.47. The van der Waals surface area contributed by atoms with Crippen molar-refractivity contribution in [3.63, 3.8) is 0 Å². The average molecular weight is 333 g/mol. The van der Waals surface area contributed by atoms with E-state index in [4.69, 9.17) is 4.74 Å². The lowest BCUT2D eigenvalue weighted by Crippen LogP contribution is -2.49. The van der Waals surface area contributed by atoms with Gasteiger partial charge in [-0.25, -0.2) is 4.79 Å². The van der Waals surface area contributed by atoms with E-state index in [1.165, 1.54) is 0 Å². The van der Waals surface area contributed by atoms with Crippen LogP contribution < -0.4 is 0 Å². The molecule has 0 saturated carbocycles. The zero-order valence-corrected chi connectivity index (χ0v) is 14.6. The minimum atomic E-state index is -0.240. The van der Waals surface area contributed by atoms with Crippen molar-refractivity contribution in [3.8, 4) is 0 Å². The highest BCUT2D eigenvalue weighted by Gasteiger charge is 2.22. The Labute approximate surface area is 144 Å². The molecule has 1 fully saturated rings. The van der Waals surface area contributed by atoms with Gasteiger partial charge in [0.1, 0.15) is 0 Å². The zero-order chi connectivity index (χ0) is 17.4. The van der Waals surface area contributed by atoms with E-state index in [0.29, 0.717) is 32.7 Å². The summed E-state index contributed by atoms with van der Waals surface area (Å²) >= 11 is 0. The van der Waals surface area contributed by atoms with Crippen molar-refractivity contribution in [2.45, 2.75) is 19.9 Å². The molecule has 6 heteroatoms. The first-order valence-electron chi connectivity index (χ1n) is 8.52. The van der Waals surface area contributed by atoms with Crippen molar-refractivity contribution in [3.05, 3.63) is 35.9 Å². The first-order chi connectivity index (χ1) is 11.6. The third-order valence-corrected chi connectivity index (χ3v) is 4.23. The standard InChI is InChI=1S/C18H27N3O3/c1-3-24-18(23)21-13-11-20(12-14-21)10-9-17(22)19(2)15-16-7-5-4-6-8-16/h4-8H,3,9-15H2,1-2H3. The van der Waals surface area contributed by atoms with Gasteiger partial charge in [0, 0.05) is 52.7 Å². The number of rotatable bonds is 6. The molecule has 0 unspecified atom stereocenters. The Morgan fingerprint density at radius 1 is 1.12 bits per heavy atom. The van der Waals surface area contributed by atoms with Gasteiger partial charge in [0.25, 0.3) is 0 Å². The van der Waals surface area contributed by atoms with Crippen LogP contribution in [0.1, 0.15) is 18.9 Å². The average Bonchev–Trinajstić information content (AvgIpc) is 2.61. The molecule has 1 saturated heterocycles. The van der Waals surface area contributed by atoms with Gasteiger partial charge in [0.05, 0.1) is 6.61 Å². The largest absolute Gasteiger partial charge is 0.450 e. The van der Waals surface area contributed by atoms with Crippen molar-refractivity contribution in [2.75, 3.05) is 46.4 Å². The Kier molecular flexibility index (Phi) is 7.06. The SMILES string of the molecule is CCOC(=O)N1CCN(CCC(=O)N(C)Cc2ccccc2)CC1. The fraction of sp³-hybridized carbons (Fsp3) is 0.556. The minimum absolute atomic E-state index is 0.145. The van der Waals surface area contributed by atoms with E-state index in [0.717, 1.165) is 25.2 Å². The summed E-state index contributed by atoms with van der Waals surface area (Å²) in [5.41, 5.74) is 1.14. The third-order valence-electron chi connectivity index (χ3n) is 4.23. The van der Waals surface area contributed by atoms with Crippen LogP contribution in [-0.2, 0) is 16.1 Å². The Hall–Kier alpha value is -2.08. The summed E-state index contributed by atoms with van der Waals surface area (Å²) in [6, 6.07) is 9.99. The molecule has 0 aromatic heterocycles. The second-order valence-electron chi connectivity index (χ2n) is 6.01. The van der Waals surface area contributed by atoms with E-state index >= 15 is 0 Å². The minimum Gasteiger partial charge on any atom is -0.450 e. The quantitative estimate of drug-likeness (QED) is 0.797. The van der Waals surface area contributed by atoms with Crippen LogP contribution in [0.15, 0.2) is 30.3 Å². The normalized spacial score (nSPS) is 15.2. The number of nitrogens with zero attached hydrogens (tertiary/aromatic N) is 3. The summed E-state index contributed by atoms with van der Waals surface area (Å²) in [5, 5.41) is 0. The Morgan fingerprint density at radius 3 is 2.42 bits per heavy atom. The smallest absolute Gasteiger partial charge is 0.409 e. The van der Waals surface area contributed by atoms with Crippen LogP contribution in [0.2, 0.25) is 0 Å². The molecule has 2 amide bonds. The summed E-state index contributed by atoms with van der Waals surface area (Å²) in [4.78, 5) is 29.6. The van der Waals surface area contributed by atoms with Crippen molar-refractivity contribution in [2.24, 2.45) is 0 Å². The first kappa shape index (κ1) is 18.3. The maximum atomic E-state index is 12.3. The molecule has 0 spiro atoms. The van der Waals surface area contributed by atoms with Crippen LogP contribution in [0.3, 0.4) is 0 Å². The number of hydrogen-bond donors (Lipinski definition) is 0. The summed E-state index contributed by atoms with van der Waals surface area (Å²) in [7, 11) is 1.84. The van der Waals surface area contributed by atoms with Gasteiger partial charge >= 0.3 is 6.09 Å². The molecular weight excluding hydrogens is 306 g/mol. The Bertz CT molecular complexity index is 528. The van der Waals surface area contributed by atoms with Gasteiger partial charge in [0.2, 0.25) is 5.91 Å². The highest BCUT2D eigenvalue weighted by atomic mass is 16.6. The van der Waals surface area contributed by atoms with E-state index < -0.39 is 0 Å². The number of amides is 2. The molecule has 1 aliphatic rings. The fourth-order valence-electron chi connectivity index (χ4n) is 2.76. The van der Waals surface area contributed by atoms with Gasteiger partial charge in [0.15, 0.2) is 0 Å². The molecule has 24 heavy (non-hydrogen) atoms. The number of ether oxygens (including phenoxy) is 1. The predicted octanol–water partition coefficient (Wildman–Crippen LogP) is 1.81. The molecule has 0 bridgehead atoms. The summed E-state index contributed by atoms with van der Waals surface area (Å²) in [6.07, 6.45) is 0.263. The number of carbonyl (C=O) groups excluding carboxylic acids is 2. The van der Waals surface area contributed by atoms with E-state index in [1.54, 1.807) is 9.80 Å². The predicted molar refractivity (Wildman–Crippen MR) is 92.6 cm³/mol. The molecule has 6 nitrogen and oxygen atoms in total. The van der Waals surface area contributed by atoms with Crippen LogP contribution in [-0.4, -0.2) is 73.1 Å². The summed E-state index contributed by atoms with van der Waals surface area (Å²) in [5.74, 6) is 0.145. The second kappa shape index (κ2) is 9.27. The van der Waals surface area contributed by atoms with Crippen molar-refractivity contribution < 1.29 is 14.3 Å². The maximum Gasteiger partial charge on any atom is 0.409 e. The van der Waals surface area contributed by atoms with Gasteiger partial charge in [-0.05, 0) is 12.5 Å². The number of hydrogen-bond acceptors (Lipinski definition) is 4. The Morgan fingerprint density at radius 2 is 1.79 bits per heavy atom. The van der Waals surface area contributed by atoms with Gasteiger partial charge in [-0.2, -0.15) is 0 Å². The molecule has 1 heterocycles. The molecule has 1 aliphatic heterocycles. The summed E-state index contributed by atoms with van der Waals surface area (Å²) < 4.78 is 5.01. The van der Waals surface area contributed by atoms with Gasteiger partial charge < -0.3 is 14.5 Å². The molecule has 1 aromatic carbocycles. The van der Waals surface area contributed by atoms with Crippen LogP contribution >= 0.6 is 0 Å². The van der Waals surface area contributed by atoms with E-state index in [-0.39, 0.29) is 12.0 Å². The number of piperazine rings is 1. The molecule has 0 N–H and O–H groups in total. The van der Waals surface area contributed by atoms with Crippen molar-refractivity contribution >= 4 is 12.0 Å². The molecule has 132 valence electrons. The molecule has 1 aromatic rings. The number of carbonyl (C=O) groups is 2. The monoisotopic (exact) mass is 333 g/mol. The topological polar surface area (TPSA) is 53.1 Å². The lowest BCUT2D eigenvalue weighted by molar-refractivity contribution is -0.130. The van der Waals surface area contributed by atoms with Crippen LogP contribution in [0.5, 0.6) is 0 Å². The third kappa shape index (κ3) is 5.53. The van der Waals surface area contributed by atoms with E-state index in [2.05, 4.69) is 4.90 Å². The zero-order valence-electron chi connectivity index (χ0n) is 14.6. The molecule has 0 aliphatic carbocycles. The van der Waals surface area contributed by atoms with E-state index in [9.17, 15) is 9.59 Å². The lowest BCUT2D eigenvalue weighted by Gasteiger charge is -2.34. The van der Waals surface area contributed by atoms with Gasteiger partial charge in [-0.3, -0.25) is 9.69 Å². The van der Waals surface area contributed by atoms with Crippen molar-refractivity contribution in [1.29, 1.82) is 0 Å². The molecular formula is C18H27N3O3. The highest BCUT2D eigenvalue weighted by molar-refractivity contribution is 5.76. The van der Waals surface area contributed by atoms with E-state index in [1.807, 2.05) is 44.3 Å². The molecule has 0 atom stereocenters. The maximum absolute atomic E-state index is 12.3. The van der Waals surface area contributed by atoms with Crippen LogP contribution in [0, 0.1) is 0 Å². The fourth-order valence-corrected chi connectivity index (χ4v) is 2.76. The first-order valence-corrected chi connectivity index (χ1v) is 8.52. The molecule has 0 radical (unpaired) electrons. The number of benzene rings is 1. The van der Waals surface area contributed by atoms with Gasteiger partial charge in [-0.1, -0.05) is 30.3 Å². The highest BCUT2D eigenvalue weighted by Crippen LogP contribution is 2.07. The lowest BCUT2D eigenvalue weighted by atomic mass is 10.2. The Balaban J connectivity index is 1.68. The second-order valence-corrected chi connectivity index (χ2v) is 6.01. The molecule has 2 rings (SSSR count). The van der Waals surface area contributed by atoms with Crippen LogP contribution in [0.25, 0.3) is 0 Å². The van der Waals surface area contributed by atoms with Crippen LogP contribution in [0.4, 0.5) is 4.79 Å². The van der Waals surface area contributed by atoms with Gasteiger partial charge in [-0.15, -0.1) is 0 Å². The van der Waals surface area contributed by atoms with Crippen molar-refractivity contribution in [1.82, 2.24) is 14.7 Å².